The summed E-state index contributed by atoms with van der Waals surface area (Å²) >= 11 is 0. The molecule has 1 atom stereocenters. The van der Waals surface area contributed by atoms with Gasteiger partial charge in [0.1, 0.15) is 0 Å². The minimum absolute atomic E-state index is 0.131. The van der Waals surface area contributed by atoms with Gasteiger partial charge >= 0.3 is 11.9 Å². The van der Waals surface area contributed by atoms with Gasteiger partial charge in [0.15, 0.2) is 17.6 Å². The summed E-state index contributed by atoms with van der Waals surface area (Å²) < 4.78 is 17.8. The van der Waals surface area contributed by atoms with Gasteiger partial charge in [-0.1, -0.05) is 46.9 Å². The Morgan fingerprint density at radius 2 is 1.60 bits per heavy atom. The lowest BCUT2D eigenvalue weighted by Gasteiger charge is -2.51. The van der Waals surface area contributed by atoms with Crippen LogP contribution in [0.1, 0.15) is 48.0 Å². The first-order valence-corrected chi connectivity index (χ1v) is 14.0. The molecule has 1 aliphatic heterocycles. The molecule has 1 rings (SSSR count). The molecule has 0 amide bonds. The first-order valence-electron chi connectivity index (χ1n) is 8.81. The van der Waals surface area contributed by atoms with Crippen molar-refractivity contribution in [2.45, 2.75) is 59.4 Å². The van der Waals surface area contributed by atoms with Crippen LogP contribution < -0.4 is 0 Å². The van der Waals surface area contributed by atoms with Crippen LogP contribution in [0, 0.1) is 11.3 Å². The molecular formula is C18H32O5Si2. The minimum Gasteiger partial charge on any atom is -0.427 e. The van der Waals surface area contributed by atoms with Crippen LogP contribution >= 0.6 is 0 Å². The summed E-state index contributed by atoms with van der Waals surface area (Å²) in [6.07, 6.45) is 0.912. The van der Waals surface area contributed by atoms with Gasteiger partial charge in [-0.25, -0.2) is 9.59 Å². The summed E-state index contributed by atoms with van der Waals surface area (Å²) in [5.41, 5.74) is -1.21. The fourth-order valence-electron chi connectivity index (χ4n) is 2.87. The largest absolute Gasteiger partial charge is 0.427 e. The fraction of sp³-hybridized carbons (Fsp3) is 0.667. The molecule has 1 saturated heterocycles. The standard InChI is InChI=1S/C18H32O5Si2/c1-12(2)15(19)22-18(17(7,8)14(5)6,23-16(20)13(3)4)25-11-9-10-21-24-25/h14,25H,1,3,9-11,24H2,2,4-8H3. The Morgan fingerprint density at radius 3 is 1.92 bits per heavy atom. The molecule has 0 spiro atoms. The quantitative estimate of drug-likeness (QED) is 0.292. The van der Waals surface area contributed by atoms with E-state index in [1.54, 1.807) is 13.8 Å². The predicted octanol–water partition coefficient (Wildman–Crippen LogP) is 2.37. The van der Waals surface area contributed by atoms with Crippen molar-refractivity contribution >= 4 is 29.5 Å². The van der Waals surface area contributed by atoms with E-state index in [1.165, 1.54) is 0 Å². The Hall–Kier alpha value is -1.19. The van der Waals surface area contributed by atoms with Crippen molar-refractivity contribution in [2.75, 3.05) is 6.61 Å². The highest BCUT2D eigenvalue weighted by Gasteiger charge is 2.59. The maximum atomic E-state index is 12.5. The van der Waals surface area contributed by atoms with Crippen LogP contribution in [0.4, 0.5) is 0 Å². The Bertz CT molecular complexity index is 520. The predicted molar refractivity (Wildman–Crippen MR) is 104 cm³/mol. The van der Waals surface area contributed by atoms with Gasteiger partial charge in [0.25, 0.3) is 0 Å². The van der Waals surface area contributed by atoms with E-state index in [2.05, 4.69) is 27.0 Å². The van der Waals surface area contributed by atoms with Crippen molar-refractivity contribution in [3.63, 3.8) is 0 Å². The van der Waals surface area contributed by atoms with Gasteiger partial charge in [-0.05, 0) is 26.2 Å². The summed E-state index contributed by atoms with van der Waals surface area (Å²) in [5.74, 6) is -0.905. The zero-order chi connectivity index (χ0) is 19.4. The zero-order valence-electron chi connectivity index (χ0n) is 16.4. The van der Waals surface area contributed by atoms with E-state index in [0.717, 1.165) is 19.1 Å². The second-order valence-electron chi connectivity index (χ2n) is 7.80. The highest BCUT2D eigenvalue weighted by Crippen LogP contribution is 2.45. The maximum absolute atomic E-state index is 12.5. The normalized spacial score (nSPS) is 19.6. The molecule has 0 N–H and O–H groups in total. The number of rotatable bonds is 7. The van der Waals surface area contributed by atoms with Crippen LogP contribution in [0.2, 0.25) is 6.04 Å². The summed E-state index contributed by atoms with van der Waals surface area (Å²) in [6.45, 7) is 19.4. The van der Waals surface area contributed by atoms with Crippen molar-refractivity contribution in [1.29, 1.82) is 0 Å². The number of carbonyl (C=O) groups excluding carboxylic acids is 2. The Labute approximate surface area is 155 Å². The molecule has 0 saturated carbocycles. The second kappa shape index (κ2) is 8.46. The van der Waals surface area contributed by atoms with Crippen LogP contribution in [0.3, 0.4) is 0 Å². The molecule has 1 fully saturated rings. The molecule has 0 aromatic heterocycles. The Balaban J connectivity index is 3.48. The lowest BCUT2D eigenvalue weighted by Crippen LogP contribution is -2.66. The second-order valence-corrected chi connectivity index (χ2v) is 15.2. The number of hydrogen-bond acceptors (Lipinski definition) is 5. The average molecular weight is 385 g/mol. The first kappa shape index (κ1) is 21.9. The van der Waals surface area contributed by atoms with Gasteiger partial charge < -0.3 is 13.9 Å². The third-order valence-corrected chi connectivity index (χ3v) is 14.1. The third-order valence-electron chi connectivity index (χ3n) is 5.22. The number of esters is 2. The molecule has 0 bridgehead atoms. The lowest BCUT2D eigenvalue weighted by atomic mass is 9.79. The summed E-state index contributed by atoms with van der Waals surface area (Å²) in [5, 5.41) is 0. The minimum atomic E-state index is -1.80. The highest BCUT2D eigenvalue weighted by atomic mass is 29.2. The van der Waals surface area contributed by atoms with Gasteiger partial charge in [0, 0.05) is 23.2 Å². The summed E-state index contributed by atoms with van der Waals surface area (Å²) in [7, 11) is -2.71. The molecule has 0 aromatic carbocycles. The summed E-state index contributed by atoms with van der Waals surface area (Å²) in [6, 6.07) is 0.940. The average Bonchev–Trinajstić information content (AvgIpc) is 2.54. The molecule has 0 aliphatic carbocycles. The summed E-state index contributed by atoms with van der Waals surface area (Å²) in [4.78, 5) is 25.0. The molecule has 0 aromatic rings. The van der Waals surface area contributed by atoms with Gasteiger partial charge in [-0.2, -0.15) is 0 Å². The molecule has 1 aliphatic rings. The van der Waals surface area contributed by atoms with Crippen LogP contribution in [0.15, 0.2) is 24.3 Å². The van der Waals surface area contributed by atoms with Gasteiger partial charge in [-0.3, -0.25) is 0 Å². The van der Waals surface area contributed by atoms with Gasteiger partial charge in [0.05, 0.1) is 0 Å². The van der Waals surface area contributed by atoms with E-state index in [1.807, 2.05) is 13.8 Å². The SMILES string of the molecule is C=C(C)C(=O)OC(OC(=O)C(=C)C)([SiH]1CCCO[SiH2]1)C(C)(C)C(C)C. The van der Waals surface area contributed by atoms with Crippen LogP contribution in [-0.4, -0.2) is 41.6 Å². The van der Waals surface area contributed by atoms with Gasteiger partial charge in [0.2, 0.25) is 5.41 Å². The molecule has 7 heteroatoms. The molecule has 1 unspecified atom stereocenters. The molecule has 25 heavy (non-hydrogen) atoms. The van der Waals surface area contributed by atoms with Crippen LogP contribution in [-0.2, 0) is 23.5 Å². The first-order chi connectivity index (χ1) is 11.5. The lowest BCUT2D eigenvalue weighted by molar-refractivity contribution is -0.233. The van der Waals surface area contributed by atoms with E-state index in [4.69, 9.17) is 13.9 Å². The number of ether oxygens (including phenoxy) is 2. The number of hydrogen-bond donors (Lipinski definition) is 0. The molecule has 0 radical (unpaired) electrons. The van der Waals surface area contributed by atoms with E-state index in [0.29, 0.717) is 11.1 Å². The maximum Gasteiger partial charge on any atom is 0.336 e. The van der Waals surface area contributed by atoms with E-state index in [9.17, 15) is 9.59 Å². The van der Waals surface area contributed by atoms with E-state index in [-0.39, 0.29) is 5.92 Å². The van der Waals surface area contributed by atoms with Gasteiger partial charge in [-0.15, -0.1) is 0 Å². The van der Waals surface area contributed by atoms with E-state index >= 15 is 0 Å². The van der Waals surface area contributed by atoms with Crippen LogP contribution in [0.25, 0.3) is 0 Å². The number of carbonyl (C=O) groups is 2. The fourth-order valence-corrected chi connectivity index (χ4v) is 12.3. The van der Waals surface area contributed by atoms with Crippen LogP contribution in [0.5, 0.6) is 0 Å². The monoisotopic (exact) mass is 384 g/mol. The van der Waals surface area contributed by atoms with E-state index < -0.39 is 40.4 Å². The molecule has 1 heterocycles. The van der Waals surface area contributed by atoms with Crippen molar-refractivity contribution in [3.05, 3.63) is 24.3 Å². The molecule has 5 nitrogen and oxygen atoms in total. The Kier molecular flexibility index (Phi) is 7.40. The third kappa shape index (κ3) is 4.71. The van der Waals surface area contributed by atoms with Crippen molar-refractivity contribution in [1.82, 2.24) is 0 Å². The topological polar surface area (TPSA) is 61.8 Å². The molecule has 142 valence electrons. The van der Waals surface area contributed by atoms with Crippen molar-refractivity contribution in [3.8, 4) is 0 Å². The van der Waals surface area contributed by atoms with Crippen molar-refractivity contribution in [2.24, 2.45) is 11.3 Å². The smallest absolute Gasteiger partial charge is 0.336 e. The molecular weight excluding hydrogens is 352 g/mol. The zero-order valence-corrected chi connectivity index (χ0v) is 19.0. The highest BCUT2D eigenvalue weighted by molar-refractivity contribution is 7.11. The van der Waals surface area contributed by atoms with Crippen molar-refractivity contribution < 1.29 is 23.5 Å². The Morgan fingerprint density at radius 1 is 1.12 bits per heavy atom.